The minimum absolute atomic E-state index is 0.0234. The van der Waals surface area contributed by atoms with E-state index in [4.69, 9.17) is 4.18 Å². The van der Waals surface area contributed by atoms with Gasteiger partial charge in [0.25, 0.3) is 16.8 Å². The van der Waals surface area contributed by atoms with E-state index in [1.165, 1.54) is 24.3 Å². The van der Waals surface area contributed by atoms with E-state index in [0.717, 1.165) is 48.4 Å². The van der Waals surface area contributed by atoms with Gasteiger partial charge in [-0.1, -0.05) is 18.2 Å². The van der Waals surface area contributed by atoms with E-state index in [0.29, 0.717) is 24.9 Å². The van der Waals surface area contributed by atoms with Crippen LogP contribution in [0.2, 0.25) is 0 Å². The Morgan fingerprint density at radius 2 is 1.72 bits per heavy atom. The fourth-order valence-corrected chi connectivity index (χ4v) is 5.52. The van der Waals surface area contributed by atoms with Gasteiger partial charge < -0.3 is 9.08 Å². The highest BCUT2D eigenvalue weighted by Crippen LogP contribution is 2.34. The van der Waals surface area contributed by atoms with Gasteiger partial charge in [0.1, 0.15) is 17.2 Å². The van der Waals surface area contributed by atoms with Crippen LogP contribution in [0.15, 0.2) is 58.3 Å². The summed E-state index contributed by atoms with van der Waals surface area (Å²) in [4.78, 5) is 50.3. The van der Waals surface area contributed by atoms with E-state index in [9.17, 15) is 32.9 Å². The largest absolute Gasteiger partial charge is 0.378 e. The van der Waals surface area contributed by atoms with Crippen molar-refractivity contribution in [3.05, 3.63) is 69.1 Å². The van der Waals surface area contributed by atoms with Crippen LogP contribution in [0.5, 0.6) is 5.75 Å². The van der Waals surface area contributed by atoms with Crippen LogP contribution in [0.25, 0.3) is 6.08 Å². The van der Waals surface area contributed by atoms with Crippen LogP contribution in [-0.2, 0) is 19.7 Å². The number of likely N-dealkylation sites (tertiary alicyclic amines) is 1. The number of nitro benzene ring substituents is 1. The SMILES string of the molecule is O=C(CN1C(=O)S/C(=C\c2ccccc2OS(=O)(=O)c2ccc([N+](=O)[O-])cc2)C1=O)N1CCCCC1. The highest BCUT2D eigenvalue weighted by atomic mass is 32.2. The molecule has 0 bridgehead atoms. The average molecular weight is 532 g/mol. The van der Waals surface area contributed by atoms with Crippen LogP contribution in [0.3, 0.4) is 0 Å². The average Bonchev–Trinajstić information content (AvgIpc) is 3.13. The first-order chi connectivity index (χ1) is 17.2. The van der Waals surface area contributed by atoms with E-state index < -0.39 is 26.2 Å². The van der Waals surface area contributed by atoms with Gasteiger partial charge in [-0.3, -0.25) is 29.4 Å². The van der Waals surface area contributed by atoms with Crippen molar-refractivity contribution in [3.63, 3.8) is 0 Å². The van der Waals surface area contributed by atoms with Gasteiger partial charge in [0.05, 0.1) is 9.83 Å². The summed E-state index contributed by atoms with van der Waals surface area (Å²) >= 11 is 0.652. The lowest BCUT2D eigenvalue weighted by Crippen LogP contribution is -2.44. The third-order valence-electron chi connectivity index (χ3n) is 5.62. The highest BCUT2D eigenvalue weighted by Gasteiger charge is 2.37. The molecular formula is C23H21N3O8S2. The maximum atomic E-state index is 12.9. The Hall–Kier alpha value is -3.71. The summed E-state index contributed by atoms with van der Waals surface area (Å²) in [7, 11) is -4.35. The molecule has 3 amide bonds. The molecule has 0 N–H and O–H groups in total. The Morgan fingerprint density at radius 1 is 1.06 bits per heavy atom. The summed E-state index contributed by atoms with van der Waals surface area (Å²) < 4.78 is 30.7. The number of nitrogens with zero attached hydrogens (tertiary/aromatic N) is 3. The van der Waals surface area contributed by atoms with Gasteiger partial charge in [0.15, 0.2) is 0 Å². The number of nitro groups is 1. The maximum Gasteiger partial charge on any atom is 0.339 e. The van der Waals surface area contributed by atoms with Crippen molar-refractivity contribution in [2.45, 2.75) is 24.2 Å². The molecule has 0 aliphatic carbocycles. The molecule has 2 fully saturated rings. The molecule has 2 aliphatic rings. The summed E-state index contributed by atoms with van der Waals surface area (Å²) in [5, 5.41) is 10.2. The number of imide groups is 1. The van der Waals surface area contributed by atoms with Crippen molar-refractivity contribution in [2.24, 2.45) is 0 Å². The molecule has 188 valence electrons. The monoisotopic (exact) mass is 531 g/mol. The molecule has 2 saturated heterocycles. The van der Waals surface area contributed by atoms with Crippen LogP contribution in [0.4, 0.5) is 10.5 Å². The first kappa shape index (κ1) is 25.4. The molecular weight excluding hydrogens is 510 g/mol. The van der Waals surface area contributed by atoms with E-state index in [1.54, 1.807) is 11.0 Å². The second-order valence-electron chi connectivity index (χ2n) is 8.04. The first-order valence-corrected chi connectivity index (χ1v) is 13.2. The van der Waals surface area contributed by atoms with Crippen molar-refractivity contribution in [3.8, 4) is 5.75 Å². The lowest BCUT2D eigenvalue weighted by Gasteiger charge is -2.27. The summed E-state index contributed by atoms with van der Waals surface area (Å²) in [6.07, 6.45) is 4.13. The van der Waals surface area contributed by atoms with Gasteiger partial charge in [-0.25, -0.2) is 0 Å². The van der Waals surface area contributed by atoms with Crippen molar-refractivity contribution in [1.82, 2.24) is 9.80 Å². The van der Waals surface area contributed by atoms with Gasteiger partial charge in [0, 0.05) is 30.8 Å². The molecule has 0 radical (unpaired) electrons. The number of hydrogen-bond donors (Lipinski definition) is 0. The number of carbonyl (C=O) groups excluding carboxylic acids is 3. The van der Waals surface area contributed by atoms with Gasteiger partial charge in [-0.05, 0) is 55.3 Å². The molecule has 0 aromatic heterocycles. The molecule has 11 nitrogen and oxygen atoms in total. The normalized spacial score (nSPS) is 17.5. The van der Waals surface area contributed by atoms with Crippen molar-refractivity contribution < 1.29 is 31.9 Å². The Morgan fingerprint density at radius 3 is 2.39 bits per heavy atom. The number of piperidine rings is 1. The van der Waals surface area contributed by atoms with E-state index in [2.05, 4.69) is 0 Å². The molecule has 0 unspecified atom stereocenters. The molecule has 2 heterocycles. The number of rotatable bonds is 7. The quantitative estimate of drug-likeness (QED) is 0.227. The number of benzene rings is 2. The predicted octanol–water partition coefficient (Wildman–Crippen LogP) is 3.41. The molecule has 0 spiro atoms. The first-order valence-electron chi connectivity index (χ1n) is 11.0. The van der Waals surface area contributed by atoms with Crippen LogP contribution >= 0.6 is 11.8 Å². The van der Waals surface area contributed by atoms with Crippen LogP contribution in [-0.4, -0.2) is 59.8 Å². The van der Waals surface area contributed by atoms with E-state index in [-0.39, 0.29) is 39.3 Å². The Balaban J connectivity index is 1.52. The van der Waals surface area contributed by atoms with Gasteiger partial charge in [-0.2, -0.15) is 8.42 Å². The Bertz CT molecular complexity index is 1350. The maximum absolute atomic E-state index is 12.9. The standard InChI is InChI=1S/C23H21N3O8S2/c27-21(24-12-4-1-5-13-24)15-25-22(28)20(35-23(25)29)14-16-6-2-3-7-19(16)34-36(32,33)18-10-8-17(9-11-18)26(30)31/h2-3,6-11,14H,1,4-5,12-13,15H2/b20-14-. The summed E-state index contributed by atoms with van der Waals surface area (Å²) in [5.41, 5.74) is -0.0558. The number of hydrogen-bond acceptors (Lipinski definition) is 9. The molecule has 13 heteroatoms. The molecule has 0 atom stereocenters. The summed E-state index contributed by atoms with van der Waals surface area (Å²) in [5.74, 6) is -1.05. The molecule has 2 aromatic carbocycles. The lowest BCUT2D eigenvalue weighted by atomic mass is 10.1. The van der Waals surface area contributed by atoms with E-state index >= 15 is 0 Å². The predicted molar refractivity (Wildman–Crippen MR) is 130 cm³/mol. The zero-order chi connectivity index (χ0) is 25.9. The fraction of sp³-hybridized carbons (Fsp3) is 0.261. The van der Waals surface area contributed by atoms with Crippen molar-refractivity contribution >= 4 is 50.7 Å². The zero-order valence-electron chi connectivity index (χ0n) is 18.9. The number of carbonyl (C=O) groups is 3. The highest BCUT2D eigenvalue weighted by molar-refractivity contribution is 8.18. The molecule has 2 aromatic rings. The second-order valence-corrected chi connectivity index (χ2v) is 10.6. The number of thioether (sulfide) groups is 1. The summed E-state index contributed by atoms with van der Waals surface area (Å²) in [6.45, 7) is 0.840. The van der Waals surface area contributed by atoms with E-state index in [1.807, 2.05) is 0 Å². The number of amides is 3. The van der Waals surface area contributed by atoms with Gasteiger partial charge in [0.2, 0.25) is 5.91 Å². The van der Waals surface area contributed by atoms with Crippen molar-refractivity contribution in [1.29, 1.82) is 0 Å². The third-order valence-corrected chi connectivity index (χ3v) is 7.77. The number of para-hydroxylation sites is 1. The topological polar surface area (TPSA) is 144 Å². The van der Waals surface area contributed by atoms with Crippen LogP contribution < -0.4 is 4.18 Å². The molecule has 4 rings (SSSR count). The van der Waals surface area contributed by atoms with Crippen LogP contribution in [0.1, 0.15) is 24.8 Å². The second kappa shape index (κ2) is 10.5. The molecule has 2 aliphatic heterocycles. The fourth-order valence-electron chi connectivity index (χ4n) is 3.73. The van der Waals surface area contributed by atoms with Gasteiger partial charge in [-0.15, -0.1) is 0 Å². The van der Waals surface area contributed by atoms with Crippen LogP contribution in [0, 0.1) is 10.1 Å². The molecule has 0 saturated carbocycles. The molecule has 36 heavy (non-hydrogen) atoms. The Labute approximate surface area is 211 Å². The van der Waals surface area contributed by atoms with Gasteiger partial charge >= 0.3 is 10.1 Å². The minimum atomic E-state index is -4.35. The smallest absolute Gasteiger partial charge is 0.339 e. The third kappa shape index (κ3) is 5.57. The number of non-ortho nitro benzene ring substituents is 1. The minimum Gasteiger partial charge on any atom is -0.378 e. The zero-order valence-corrected chi connectivity index (χ0v) is 20.5. The summed E-state index contributed by atoms with van der Waals surface area (Å²) in [6, 6.07) is 10.2. The lowest BCUT2D eigenvalue weighted by molar-refractivity contribution is -0.384. The Kier molecular flexibility index (Phi) is 7.40. The van der Waals surface area contributed by atoms with Crippen molar-refractivity contribution in [2.75, 3.05) is 19.6 Å².